The van der Waals surface area contributed by atoms with Gasteiger partial charge in [-0.25, -0.2) is 0 Å². The summed E-state index contributed by atoms with van der Waals surface area (Å²) in [6.45, 7) is 0.723. The van der Waals surface area contributed by atoms with Gasteiger partial charge in [0.2, 0.25) is 0 Å². The van der Waals surface area contributed by atoms with E-state index in [1.807, 2.05) is 35.1 Å². The highest BCUT2D eigenvalue weighted by molar-refractivity contribution is 6.32. The van der Waals surface area contributed by atoms with Gasteiger partial charge in [-0.1, -0.05) is 17.7 Å². The second kappa shape index (κ2) is 4.36. The summed E-state index contributed by atoms with van der Waals surface area (Å²) in [5, 5.41) is 4.76. The fraction of sp³-hybridized carbons (Fsp3) is 0.182. The van der Waals surface area contributed by atoms with Gasteiger partial charge < -0.3 is 4.74 Å². The molecule has 0 aliphatic rings. The van der Waals surface area contributed by atoms with Crippen molar-refractivity contribution in [1.82, 2.24) is 9.78 Å². The lowest BCUT2D eigenvalue weighted by Gasteiger charge is -2.06. The highest BCUT2D eigenvalue weighted by Crippen LogP contribution is 2.25. The Kier molecular flexibility index (Phi) is 2.92. The molecule has 0 aliphatic carbocycles. The zero-order valence-corrected chi connectivity index (χ0v) is 9.11. The van der Waals surface area contributed by atoms with E-state index >= 15 is 0 Å². The molecule has 0 aliphatic heterocycles. The highest BCUT2D eigenvalue weighted by atomic mass is 35.5. The van der Waals surface area contributed by atoms with Gasteiger partial charge in [-0.3, -0.25) is 4.68 Å². The number of nitrogens with zero attached hydrogens (tertiary/aromatic N) is 2. The molecule has 4 heteroatoms. The summed E-state index contributed by atoms with van der Waals surface area (Å²) < 4.78 is 6.99. The first kappa shape index (κ1) is 10.1. The molecule has 2 rings (SSSR count). The van der Waals surface area contributed by atoms with Gasteiger partial charge in [0.25, 0.3) is 0 Å². The Labute approximate surface area is 93.2 Å². The van der Waals surface area contributed by atoms with Gasteiger partial charge in [0, 0.05) is 12.4 Å². The maximum atomic E-state index is 5.93. The van der Waals surface area contributed by atoms with E-state index in [4.69, 9.17) is 16.3 Å². The van der Waals surface area contributed by atoms with Gasteiger partial charge >= 0.3 is 0 Å². The van der Waals surface area contributed by atoms with Crippen LogP contribution in [0, 0.1) is 0 Å². The molecule has 2 aromatic rings. The highest BCUT2D eigenvalue weighted by Gasteiger charge is 2.02. The fourth-order valence-corrected chi connectivity index (χ4v) is 1.58. The second-order valence-corrected chi connectivity index (χ2v) is 3.58. The van der Waals surface area contributed by atoms with E-state index in [2.05, 4.69) is 5.10 Å². The van der Waals surface area contributed by atoms with Crippen molar-refractivity contribution >= 4 is 11.6 Å². The Morgan fingerprint density at radius 3 is 3.00 bits per heavy atom. The van der Waals surface area contributed by atoms with Crippen molar-refractivity contribution in [2.45, 2.75) is 6.54 Å². The van der Waals surface area contributed by atoms with Gasteiger partial charge in [-0.05, 0) is 23.8 Å². The van der Waals surface area contributed by atoms with Gasteiger partial charge in [-0.2, -0.15) is 5.10 Å². The summed E-state index contributed by atoms with van der Waals surface area (Å²) in [7, 11) is 1.61. The van der Waals surface area contributed by atoms with Crippen LogP contribution in [-0.2, 0) is 6.54 Å². The van der Waals surface area contributed by atoms with E-state index in [-0.39, 0.29) is 0 Å². The lowest BCUT2D eigenvalue weighted by atomic mass is 10.2. The van der Waals surface area contributed by atoms with Gasteiger partial charge in [0.15, 0.2) is 0 Å². The van der Waals surface area contributed by atoms with Crippen molar-refractivity contribution in [1.29, 1.82) is 0 Å². The van der Waals surface area contributed by atoms with Crippen LogP contribution in [0.2, 0.25) is 5.02 Å². The van der Waals surface area contributed by atoms with Crippen LogP contribution >= 0.6 is 11.6 Å². The Morgan fingerprint density at radius 1 is 1.47 bits per heavy atom. The molecule has 0 saturated carbocycles. The van der Waals surface area contributed by atoms with Crippen molar-refractivity contribution in [2.75, 3.05) is 7.11 Å². The third-order valence-corrected chi connectivity index (χ3v) is 2.43. The first-order valence-corrected chi connectivity index (χ1v) is 4.97. The van der Waals surface area contributed by atoms with Gasteiger partial charge in [0.1, 0.15) is 5.75 Å². The molecule has 1 aromatic carbocycles. The zero-order valence-electron chi connectivity index (χ0n) is 8.35. The van der Waals surface area contributed by atoms with Crippen LogP contribution in [0.15, 0.2) is 36.7 Å². The third kappa shape index (κ3) is 2.30. The van der Waals surface area contributed by atoms with Crippen molar-refractivity contribution in [3.63, 3.8) is 0 Å². The predicted octanol–water partition coefficient (Wildman–Crippen LogP) is 2.59. The maximum Gasteiger partial charge on any atom is 0.137 e. The summed E-state index contributed by atoms with van der Waals surface area (Å²) in [6, 6.07) is 7.61. The Balaban J connectivity index is 2.22. The molecule has 0 bridgehead atoms. The topological polar surface area (TPSA) is 27.1 Å². The van der Waals surface area contributed by atoms with Crippen LogP contribution in [0.5, 0.6) is 5.75 Å². The standard InChI is InChI=1S/C11H11ClN2O/c1-15-11-7-9(3-4-10(11)12)8-14-6-2-5-13-14/h2-7H,8H2,1H3. The first-order chi connectivity index (χ1) is 7.29. The number of halogens is 1. The monoisotopic (exact) mass is 222 g/mol. The summed E-state index contributed by atoms with van der Waals surface area (Å²) in [5.41, 5.74) is 1.11. The minimum Gasteiger partial charge on any atom is -0.495 e. The zero-order chi connectivity index (χ0) is 10.7. The largest absolute Gasteiger partial charge is 0.495 e. The van der Waals surface area contributed by atoms with Crippen LogP contribution in [0.3, 0.4) is 0 Å². The quantitative estimate of drug-likeness (QED) is 0.798. The van der Waals surface area contributed by atoms with Crippen LogP contribution < -0.4 is 4.74 Å². The maximum absolute atomic E-state index is 5.93. The van der Waals surface area contributed by atoms with Crippen LogP contribution in [0.1, 0.15) is 5.56 Å². The van der Waals surface area contributed by atoms with E-state index in [0.29, 0.717) is 10.8 Å². The average Bonchev–Trinajstić information content (AvgIpc) is 2.73. The van der Waals surface area contributed by atoms with Crippen molar-refractivity contribution < 1.29 is 4.74 Å². The number of methoxy groups -OCH3 is 1. The molecule has 0 N–H and O–H groups in total. The van der Waals surface area contributed by atoms with E-state index in [1.165, 1.54) is 0 Å². The Hall–Kier alpha value is -1.48. The summed E-state index contributed by atoms with van der Waals surface area (Å²) in [6.07, 6.45) is 3.67. The molecule has 1 aromatic heterocycles. The average molecular weight is 223 g/mol. The molecule has 15 heavy (non-hydrogen) atoms. The molecular formula is C11H11ClN2O. The molecule has 0 unspecified atom stereocenters. The Morgan fingerprint density at radius 2 is 2.33 bits per heavy atom. The van der Waals surface area contributed by atoms with E-state index < -0.39 is 0 Å². The minimum atomic E-state index is 0.627. The molecule has 0 saturated heterocycles. The van der Waals surface area contributed by atoms with Crippen LogP contribution in [0.25, 0.3) is 0 Å². The summed E-state index contributed by atoms with van der Waals surface area (Å²) in [4.78, 5) is 0. The summed E-state index contributed by atoms with van der Waals surface area (Å²) in [5.74, 6) is 0.696. The van der Waals surface area contributed by atoms with E-state index in [9.17, 15) is 0 Å². The molecule has 0 radical (unpaired) electrons. The Bertz CT molecular complexity index is 440. The molecule has 0 fully saturated rings. The first-order valence-electron chi connectivity index (χ1n) is 4.59. The minimum absolute atomic E-state index is 0.627. The molecule has 0 atom stereocenters. The lowest BCUT2D eigenvalue weighted by Crippen LogP contribution is -2.00. The van der Waals surface area contributed by atoms with E-state index in [0.717, 1.165) is 12.1 Å². The number of hydrogen-bond acceptors (Lipinski definition) is 2. The predicted molar refractivity (Wildman–Crippen MR) is 59.3 cm³/mol. The molecular weight excluding hydrogens is 212 g/mol. The second-order valence-electron chi connectivity index (χ2n) is 3.17. The number of ether oxygens (including phenoxy) is 1. The van der Waals surface area contributed by atoms with Crippen LogP contribution in [0.4, 0.5) is 0 Å². The van der Waals surface area contributed by atoms with Crippen molar-refractivity contribution in [2.24, 2.45) is 0 Å². The molecule has 3 nitrogen and oxygen atoms in total. The van der Waals surface area contributed by atoms with Gasteiger partial charge in [0.05, 0.1) is 18.7 Å². The molecule has 78 valence electrons. The number of benzene rings is 1. The molecule has 1 heterocycles. The number of aromatic nitrogens is 2. The third-order valence-electron chi connectivity index (χ3n) is 2.12. The fourth-order valence-electron chi connectivity index (χ4n) is 1.38. The SMILES string of the molecule is COc1cc(Cn2cccn2)ccc1Cl. The smallest absolute Gasteiger partial charge is 0.137 e. The lowest BCUT2D eigenvalue weighted by molar-refractivity contribution is 0.414. The van der Waals surface area contributed by atoms with Crippen LogP contribution in [-0.4, -0.2) is 16.9 Å². The molecule has 0 amide bonds. The summed E-state index contributed by atoms with van der Waals surface area (Å²) >= 11 is 5.93. The van der Waals surface area contributed by atoms with Crippen molar-refractivity contribution in [3.05, 3.63) is 47.2 Å². The van der Waals surface area contributed by atoms with Crippen molar-refractivity contribution in [3.8, 4) is 5.75 Å². The normalized spacial score (nSPS) is 10.3. The van der Waals surface area contributed by atoms with E-state index in [1.54, 1.807) is 13.3 Å². The number of rotatable bonds is 3. The molecule has 0 spiro atoms. The van der Waals surface area contributed by atoms with Gasteiger partial charge in [-0.15, -0.1) is 0 Å². The number of hydrogen-bond donors (Lipinski definition) is 0.